The lowest BCUT2D eigenvalue weighted by atomic mass is 10.0. The molecule has 0 spiro atoms. The molecule has 0 fully saturated rings. The predicted octanol–water partition coefficient (Wildman–Crippen LogP) is 2.13. The smallest absolute Gasteiger partial charge is 0.272 e. The summed E-state index contributed by atoms with van der Waals surface area (Å²) < 4.78 is 11.2. The monoisotopic (exact) mass is 378 g/mol. The lowest BCUT2D eigenvalue weighted by Gasteiger charge is -2.22. The molecule has 1 aromatic heterocycles. The van der Waals surface area contributed by atoms with Crippen LogP contribution in [0.3, 0.4) is 0 Å². The minimum atomic E-state index is -0.150. The van der Waals surface area contributed by atoms with Gasteiger partial charge in [0.15, 0.2) is 17.2 Å². The molecule has 1 amide bonds. The van der Waals surface area contributed by atoms with E-state index in [1.54, 1.807) is 0 Å². The molecule has 2 aliphatic rings. The molecule has 26 heavy (non-hydrogen) atoms. The first-order chi connectivity index (χ1) is 12.3. The molecule has 0 bridgehead atoms. The average Bonchev–Trinajstić information content (AvgIpc) is 3.10. The molecular weight excluding hydrogens is 356 g/mol. The third-order valence-corrected chi connectivity index (χ3v) is 4.70. The van der Waals surface area contributed by atoms with Gasteiger partial charge in [0, 0.05) is 30.8 Å². The van der Waals surface area contributed by atoms with E-state index in [0.29, 0.717) is 25.5 Å². The van der Waals surface area contributed by atoms with Crippen LogP contribution in [0, 0.1) is 0 Å². The van der Waals surface area contributed by atoms with Gasteiger partial charge in [-0.15, -0.1) is 12.4 Å². The van der Waals surface area contributed by atoms with Crippen LogP contribution in [0.15, 0.2) is 18.2 Å². The van der Waals surface area contributed by atoms with Crippen molar-refractivity contribution in [1.82, 2.24) is 20.8 Å². The SMILES string of the molecule is CCC(NC(=O)c1n[nH]c2c1CNCC2)c1ccc2c(c1)OCCO2.Cl. The topological polar surface area (TPSA) is 88.3 Å². The molecule has 0 radical (unpaired) electrons. The molecular formula is C18H23ClN4O3. The largest absolute Gasteiger partial charge is 0.486 e. The molecule has 2 aliphatic heterocycles. The van der Waals surface area contributed by atoms with Crippen LogP contribution in [-0.4, -0.2) is 35.9 Å². The van der Waals surface area contributed by atoms with Gasteiger partial charge in [0.1, 0.15) is 13.2 Å². The Bertz CT molecular complexity index is 793. The van der Waals surface area contributed by atoms with E-state index in [2.05, 4.69) is 20.8 Å². The zero-order valence-corrected chi connectivity index (χ0v) is 15.4. The van der Waals surface area contributed by atoms with Gasteiger partial charge in [0.2, 0.25) is 0 Å². The maximum atomic E-state index is 12.7. The van der Waals surface area contributed by atoms with Gasteiger partial charge in [0.05, 0.1) is 6.04 Å². The van der Waals surface area contributed by atoms with Crippen molar-refractivity contribution in [1.29, 1.82) is 0 Å². The lowest BCUT2D eigenvalue weighted by Crippen LogP contribution is -2.31. The number of amides is 1. The van der Waals surface area contributed by atoms with Crippen molar-refractivity contribution < 1.29 is 14.3 Å². The first-order valence-corrected chi connectivity index (χ1v) is 8.73. The maximum Gasteiger partial charge on any atom is 0.272 e. The zero-order valence-electron chi connectivity index (χ0n) is 14.6. The predicted molar refractivity (Wildman–Crippen MR) is 99.2 cm³/mol. The zero-order chi connectivity index (χ0) is 17.2. The number of rotatable bonds is 4. The number of halogens is 1. The number of ether oxygens (including phenoxy) is 2. The number of carbonyl (C=O) groups excluding carboxylic acids is 1. The van der Waals surface area contributed by atoms with Crippen molar-refractivity contribution in [2.24, 2.45) is 0 Å². The van der Waals surface area contributed by atoms with Gasteiger partial charge in [-0.3, -0.25) is 9.89 Å². The van der Waals surface area contributed by atoms with Crippen LogP contribution in [0.25, 0.3) is 0 Å². The van der Waals surface area contributed by atoms with Gasteiger partial charge in [-0.2, -0.15) is 5.10 Å². The molecule has 1 aromatic carbocycles. The van der Waals surface area contributed by atoms with Gasteiger partial charge < -0.3 is 20.1 Å². The summed E-state index contributed by atoms with van der Waals surface area (Å²) in [6, 6.07) is 5.72. The summed E-state index contributed by atoms with van der Waals surface area (Å²) in [6.45, 7) is 4.74. The minimum Gasteiger partial charge on any atom is -0.486 e. The van der Waals surface area contributed by atoms with E-state index in [1.807, 2.05) is 25.1 Å². The van der Waals surface area contributed by atoms with E-state index < -0.39 is 0 Å². The number of H-pyrrole nitrogens is 1. The van der Waals surface area contributed by atoms with Crippen LogP contribution in [0.2, 0.25) is 0 Å². The highest BCUT2D eigenvalue weighted by atomic mass is 35.5. The van der Waals surface area contributed by atoms with Crippen LogP contribution >= 0.6 is 12.4 Å². The van der Waals surface area contributed by atoms with Gasteiger partial charge in [-0.25, -0.2) is 0 Å². The molecule has 0 aliphatic carbocycles. The Balaban J connectivity index is 0.00000196. The van der Waals surface area contributed by atoms with Crippen molar-refractivity contribution in [2.75, 3.05) is 19.8 Å². The summed E-state index contributed by atoms with van der Waals surface area (Å²) in [4.78, 5) is 12.7. The Morgan fingerprint density at radius 2 is 2.12 bits per heavy atom. The lowest BCUT2D eigenvalue weighted by molar-refractivity contribution is 0.0929. The fourth-order valence-corrected chi connectivity index (χ4v) is 3.34. The third-order valence-electron chi connectivity index (χ3n) is 4.70. The number of benzene rings is 1. The van der Waals surface area contributed by atoms with Gasteiger partial charge in [-0.05, 0) is 24.1 Å². The number of carbonyl (C=O) groups is 1. The second-order valence-electron chi connectivity index (χ2n) is 6.29. The maximum absolute atomic E-state index is 12.7. The Hall–Kier alpha value is -2.25. The molecule has 3 heterocycles. The molecule has 1 atom stereocenters. The molecule has 140 valence electrons. The number of hydrogen-bond acceptors (Lipinski definition) is 5. The van der Waals surface area contributed by atoms with Crippen LogP contribution in [0.5, 0.6) is 11.5 Å². The standard InChI is InChI=1S/C18H22N4O3.ClH/c1-2-13(11-3-4-15-16(9-11)25-8-7-24-15)20-18(23)17-12-10-19-6-5-14(12)21-22-17;/h3-4,9,13,19H,2,5-8,10H2,1H3,(H,20,23)(H,21,22);1H. The number of nitrogens with zero attached hydrogens (tertiary/aromatic N) is 1. The van der Waals surface area contributed by atoms with Crippen molar-refractivity contribution >= 4 is 18.3 Å². The highest BCUT2D eigenvalue weighted by Gasteiger charge is 2.24. The van der Waals surface area contributed by atoms with Crippen LogP contribution in [0.1, 0.15) is 46.7 Å². The Labute approximate surface area is 158 Å². The normalized spacial score (nSPS) is 16.2. The van der Waals surface area contributed by atoms with Crippen LogP contribution < -0.4 is 20.1 Å². The first-order valence-electron chi connectivity index (χ1n) is 8.73. The van der Waals surface area contributed by atoms with Crippen LogP contribution in [-0.2, 0) is 13.0 Å². The van der Waals surface area contributed by atoms with Crippen molar-refractivity contribution in [3.8, 4) is 11.5 Å². The van der Waals surface area contributed by atoms with E-state index in [1.165, 1.54) is 0 Å². The quantitative estimate of drug-likeness (QED) is 0.758. The molecule has 8 heteroatoms. The Kier molecular flexibility index (Phi) is 5.68. The van der Waals surface area contributed by atoms with E-state index in [4.69, 9.17) is 9.47 Å². The fourth-order valence-electron chi connectivity index (χ4n) is 3.34. The van der Waals surface area contributed by atoms with E-state index in [-0.39, 0.29) is 24.4 Å². The van der Waals surface area contributed by atoms with E-state index in [0.717, 1.165) is 47.7 Å². The number of hydrogen-bond donors (Lipinski definition) is 3. The summed E-state index contributed by atoms with van der Waals surface area (Å²) in [7, 11) is 0. The van der Waals surface area contributed by atoms with Gasteiger partial charge >= 0.3 is 0 Å². The van der Waals surface area contributed by atoms with Gasteiger partial charge in [0.25, 0.3) is 5.91 Å². The van der Waals surface area contributed by atoms with E-state index in [9.17, 15) is 4.79 Å². The average molecular weight is 379 g/mol. The molecule has 3 N–H and O–H groups in total. The summed E-state index contributed by atoms with van der Waals surface area (Å²) >= 11 is 0. The van der Waals surface area contributed by atoms with E-state index >= 15 is 0 Å². The second-order valence-corrected chi connectivity index (χ2v) is 6.29. The molecule has 1 unspecified atom stereocenters. The van der Waals surface area contributed by atoms with Crippen LogP contribution in [0.4, 0.5) is 0 Å². The first kappa shape index (κ1) is 18.5. The molecule has 0 saturated heterocycles. The summed E-state index contributed by atoms with van der Waals surface area (Å²) in [6.07, 6.45) is 1.64. The fraction of sp³-hybridized carbons (Fsp3) is 0.444. The summed E-state index contributed by atoms with van der Waals surface area (Å²) in [5.74, 6) is 1.34. The van der Waals surface area contributed by atoms with Crippen molar-refractivity contribution in [3.05, 3.63) is 40.7 Å². The van der Waals surface area contributed by atoms with Crippen molar-refractivity contribution in [3.63, 3.8) is 0 Å². The summed E-state index contributed by atoms with van der Waals surface area (Å²) in [5.41, 5.74) is 3.51. The molecule has 2 aromatic rings. The number of aromatic amines is 1. The van der Waals surface area contributed by atoms with Gasteiger partial charge in [-0.1, -0.05) is 13.0 Å². The summed E-state index contributed by atoms with van der Waals surface area (Å²) in [5, 5.41) is 13.6. The second kappa shape index (κ2) is 7.97. The highest BCUT2D eigenvalue weighted by Crippen LogP contribution is 2.33. The molecule has 4 rings (SSSR count). The molecule has 7 nitrogen and oxygen atoms in total. The minimum absolute atomic E-state index is 0. The highest BCUT2D eigenvalue weighted by molar-refractivity contribution is 5.94. The van der Waals surface area contributed by atoms with Crippen molar-refractivity contribution in [2.45, 2.75) is 32.4 Å². The Morgan fingerprint density at radius 3 is 2.92 bits per heavy atom. The number of nitrogens with one attached hydrogen (secondary N) is 3. The number of aromatic nitrogens is 2. The number of fused-ring (bicyclic) bond motifs is 2. The molecule has 0 saturated carbocycles. The third kappa shape index (κ3) is 3.50. The Morgan fingerprint density at radius 1 is 1.31 bits per heavy atom.